The molecule has 9 heteroatoms. The van der Waals surface area contributed by atoms with Gasteiger partial charge in [-0.3, -0.25) is 4.79 Å². The van der Waals surface area contributed by atoms with E-state index in [1.807, 2.05) is 0 Å². The predicted octanol–water partition coefficient (Wildman–Crippen LogP) is 1.58. The van der Waals surface area contributed by atoms with E-state index in [0.29, 0.717) is 13.1 Å². The van der Waals surface area contributed by atoms with E-state index < -0.39 is 21.7 Å². The SMILES string of the molecule is CNCC1CCCN1S(=O)(=O)c1ccc(F)c(NC(C)=O)c1.Cl. The van der Waals surface area contributed by atoms with Gasteiger partial charge < -0.3 is 10.6 Å². The van der Waals surface area contributed by atoms with Crippen LogP contribution in [0.25, 0.3) is 0 Å². The lowest BCUT2D eigenvalue weighted by Gasteiger charge is -2.24. The minimum absolute atomic E-state index is 0. The zero-order valence-corrected chi connectivity index (χ0v) is 14.6. The molecular weight excluding hydrogens is 345 g/mol. The van der Waals surface area contributed by atoms with Crippen molar-refractivity contribution in [2.45, 2.75) is 30.7 Å². The Hall–Kier alpha value is -1.22. The standard InChI is InChI=1S/C14H20FN3O3S.ClH/c1-10(19)17-14-8-12(5-6-13(14)15)22(20,21)18-7-3-4-11(18)9-16-2;/h5-6,8,11,16H,3-4,7,9H2,1-2H3,(H,17,19);1H. The van der Waals surface area contributed by atoms with Gasteiger partial charge in [0.2, 0.25) is 15.9 Å². The number of hydrogen-bond donors (Lipinski definition) is 2. The second-order valence-corrected chi connectivity index (χ2v) is 7.18. The van der Waals surface area contributed by atoms with Crippen LogP contribution in [0, 0.1) is 5.82 Å². The molecule has 0 radical (unpaired) electrons. The molecule has 1 unspecified atom stereocenters. The van der Waals surface area contributed by atoms with Crippen LogP contribution in [-0.2, 0) is 14.8 Å². The van der Waals surface area contributed by atoms with Crippen molar-refractivity contribution in [2.24, 2.45) is 0 Å². The van der Waals surface area contributed by atoms with E-state index in [-0.39, 0.29) is 29.0 Å². The number of nitrogens with zero attached hydrogens (tertiary/aromatic N) is 1. The molecule has 130 valence electrons. The minimum Gasteiger partial charge on any atom is -0.324 e. The van der Waals surface area contributed by atoms with Crippen molar-refractivity contribution in [1.29, 1.82) is 0 Å². The molecule has 0 aliphatic carbocycles. The maximum atomic E-state index is 13.7. The topological polar surface area (TPSA) is 78.5 Å². The molecule has 1 aromatic carbocycles. The third-order valence-corrected chi connectivity index (χ3v) is 5.57. The van der Waals surface area contributed by atoms with E-state index in [2.05, 4.69) is 10.6 Å². The fourth-order valence-electron chi connectivity index (χ4n) is 2.65. The van der Waals surface area contributed by atoms with Crippen molar-refractivity contribution >= 4 is 34.0 Å². The number of carbonyl (C=O) groups excluding carboxylic acids is 1. The lowest BCUT2D eigenvalue weighted by Crippen LogP contribution is -2.40. The maximum absolute atomic E-state index is 13.7. The molecule has 1 amide bonds. The molecule has 2 N–H and O–H groups in total. The van der Waals surface area contributed by atoms with Crippen LogP contribution in [0.15, 0.2) is 23.1 Å². The van der Waals surface area contributed by atoms with Crippen LogP contribution >= 0.6 is 12.4 Å². The van der Waals surface area contributed by atoms with E-state index in [1.165, 1.54) is 23.4 Å². The van der Waals surface area contributed by atoms with E-state index >= 15 is 0 Å². The van der Waals surface area contributed by atoms with Crippen molar-refractivity contribution < 1.29 is 17.6 Å². The van der Waals surface area contributed by atoms with Gasteiger partial charge in [0.25, 0.3) is 0 Å². The van der Waals surface area contributed by atoms with Crippen LogP contribution in [0.4, 0.5) is 10.1 Å². The van der Waals surface area contributed by atoms with Gasteiger partial charge in [0.15, 0.2) is 0 Å². The van der Waals surface area contributed by atoms with Crippen LogP contribution in [-0.4, -0.2) is 44.8 Å². The van der Waals surface area contributed by atoms with E-state index in [0.717, 1.165) is 18.9 Å². The Morgan fingerprint density at radius 1 is 1.43 bits per heavy atom. The second-order valence-electron chi connectivity index (χ2n) is 5.29. The number of carbonyl (C=O) groups is 1. The maximum Gasteiger partial charge on any atom is 0.243 e. The average Bonchev–Trinajstić information content (AvgIpc) is 2.90. The van der Waals surface area contributed by atoms with Gasteiger partial charge in [-0.15, -0.1) is 12.4 Å². The number of sulfonamides is 1. The van der Waals surface area contributed by atoms with E-state index in [1.54, 1.807) is 7.05 Å². The second kappa shape index (κ2) is 8.05. The van der Waals surface area contributed by atoms with Gasteiger partial charge in [0.1, 0.15) is 5.82 Å². The molecule has 1 atom stereocenters. The first-order valence-corrected chi connectivity index (χ1v) is 8.54. The number of likely N-dealkylation sites (N-methyl/N-ethyl adjacent to an activating group) is 1. The molecule has 0 saturated carbocycles. The highest BCUT2D eigenvalue weighted by molar-refractivity contribution is 7.89. The van der Waals surface area contributed by atoms with Crippen molar-refractivity contribution in [1.82, 2.24) is 9.62 Å². The van der Waals surface area contributed by atoms with Crippen molar-refractivity contribution in [3.63, 3.8) is 0 Å². The summed E-state index contributed by atoms with van der Waals surface area (Å²) >= 11 is 0. The highest BCUT2D eigenvalue weighted by Gasteiger charge is 2.35. The van der Waals surface area contributed by atoms with Crippen LogP contribution in [0.5, 0.6) is 0 Å². The normalized spacial score (nSPS) is 18.5. The van der Waals surface area contributed by atoms with Crippen LogP contribution in [0.1, 0.15) is 19.8 Å². The molecule has 0 bridgehead atoms. The molecular formula is C14H21ClFN3O3S. The van der Waals surface area contributed by atoms with Gasteiger partial charge in [-0.05, 0) is 38.1 Å². The molecule has 1 heterocycles. The van der Waals surface area contributed by atoms with Gasteiger partial charge in [0, 0.05) is 26.1 Å². The predicted molar refractivity (Wildman–Crippen MR) is 88.8 cm³/mol. The first-order valence-electron chi connectivity index (χ1n) is 7.10. The van der Waals surface area contributed by atoms with Crippen molar-refractivity contribution in [2.75, 3.05) is 25.5 Å². The Morgan fingerprint density at radius 2 is 2.13 bits per heavy atom. The summed E-state index contributed by atoms with van der Waals surface area (Å²) < 4.78 is 40.6. The summed E-state index contributed by atoms with van der Waals surface area (Å²) in [5, 5.41) is 5.29. The van der Waals surface area contributed by atoms with E-state index in [4.69, 9.17) is 0 Å². The molecule has 2 rings (SSSR count). The van der Waals surface area contributed by atoms with Crippen molar-refractivity contribution in [3.8, 4) is 0 Å². The fourth-order valence-corrected chi connectivity index (χ4v) is 4.37. The summed E-state index contributed by atoms with van der Waals surface area (Å²) in [5.41, 5.74) is -0.127. The number of anilines is 1. The average molecular weight is 366 g/mol. The van der Waals surface area contributed by atoms with E-state index in [9.17, 15) is 17.6 Å². The lowest BCUT2D eigenvalue weighted by molar-refractivity contribution is -0.114. The van der Waals surface area contributed by atoms with Gasteiger partial charge >= 0.3 is 0 Å². The Labute approximate surface area is 141 Å². The Balaban J connectivity index is 0.00000264. The quantitative estimate of drug-likeness (QED) is 0.830. The minimum atomic E-state index is -3.71. The van der Waals surface area contributed by atoms with Crippen LogP contribution in [0.2, 0.25) is 0 Å². The zero-order chi connectivity index (χ0) is 16.3. The van der Waals surface area contributed by atoms with Gasteiger partial charge in [-0.25, -0.2) is 12.8 Å². The monoisotopic (exact) mass is 365 g/mol. The number of benzene rings is 1. The fraction of sp³-hybridized carbons (Fsp3) is 0.500. The molecule has 1 aromatic rings. The number of rotatable bonds is 5. The third-order valence-electron chi connectivity index (χ3n) is 3.62. The zero-order valence-electron chi connectivity index (χ0n) is 13.0. The number of hydrogen-bond acceptors (Lipinski definition) is 4. The largest absolute Gasteiger partial charge is 0.324 e. The Kier molecular flexibility index (Phi) is 6.94. The molecule has 1 aliphatic heterocycles. The Morgan fingerprint density at radius 3 is 2.74 bits per heavy atom. The number of nitrogens with one attached hydrogen (secondary N) is 2. The van der Waals surface area contributed by atoms with Gasteiger partial charge in [0.05, 0.1) is 10.6 Å². The smallest absolute Gasteiger partial charge is 0.243 e. The number of halogens is 2. The summed E-state index contributed by atoms with van der Waals surface area (Å²) in [6, 6.07) is 3.34. The lowest BCUT2D eigenvalue weighted by atomic mass is 10.2. The van der Waals surface area contributed by atoms with Crippen LogP contribution in [0.3, 0.4) is 0 Å². The highest BCUT2D eigenvalue weighted by Crippen LogP contribution is 2.28. The van der Waals surface area contributed by atoms with Gasteiger partial charge in [-0.2, -0.15) is 4.31 Å². The highest BCUT2D eigenvalue weighted by atomic mass is 35.5. The first kappa shape index (κ1) is 19.8. The summed E-state index contributed by atoms with van der Waals surface area (Å²) in [6.07, 6.45) is 1.59. The van der Waals surface area contributed by atoms with Crippen LogP contribution < -0.4 is 10.6 Å². The van der Waals surface area contributed by atoms with Gasteiger partial charge in [-0.1, -0.05) is 0 Å². The number of amides is 1. The molecule has 1 aliphatic rings. The molecule has 0 aromatic heterocycles. The van der Waals surface area contributed by atoms with Crippen molar-refractivity contribution in [3.05, 3.63) is 24.0 Å². The summed E-state index contributed by atoms with van der Waals surface area (Å²) in [4.78, 5) is 11.1. The molecule has 23 heavy (non-hydrogen) atoms. The molecule has 1 saturated heterocycles. The molecule has 6 nitrogen and oxygen atoms in total. The summed E-state index contributed by atoms with van der Waals surface area (Å²) in [5.74, 6) is -1.12. The third kappa shape index (κ3) is 4.41. The summed E-state index contributed by atoms with van der Waals surface area (Å²) in [7, 11) is -1.94. The first-order chi connectivity index (χ1) is 10.4. The molecule has 1 fully saturated rings. The molecule has 0 spiro atoms. The Bertz CT molecular complexity index is 669. The summed E-state index contributed by atoms with van der Waals surface area (Å²) in [6.45, 7) is 2.25.